The Morgan fingerprint density at radius 1 is 1.24 bits per heavy atom. The molecule has 3 heterocycles. The topological polar surface area (TPSA) is 111 Å². The van der Waals surface area contributed by atoms with Gasteiger partial charge in [0.25, 0.3) is 0 Å². The third kappa shape index (κ3) is 2.90. The highest BCUT2D eigenvalue weighted by Gasteiger charge is 2.26. The summed E-state index contributed by atoms with van der Waals surface area (Å²) < 4.78 is 10.8. The summed E-state index contributed by atoms with van der Waals surface area (Å²) in [5.74, 6) is 0.883. The predicted molar refractivity (Wildman–Crippen MR) is 87.7 cm³/mol. The van der Waals surface area contributed by atoms with Gasteiger partial charge in [0.15, 0.2) is 11.5 Å². The Labute approximate surface area is 143 Å². The third-order valence-corrected chi connectivity index (χ3v) is 4.52. The highest BCUT2D eigenvalue weighted by Crippen LogP contribution is 2.37. The van der Waals surface area contributed by atoms with Crippen LogP contribution in [0.3, 0.4) is 0 Å². The van der Waals surface area contributed by atoms with Crippen molar-refractivity contribution in [2.45, 2.75) is 25.8 Å². The SMILES string of the molecule is NC(=O)CCC(=O)N1CCc2[nH]nc(-c3ccc4c(c3)OCO4)c2C1. The molecule has 25 heavy (non-hydrogen) atoms. The first-order valence-corrected chi connectivity index (χ1v) is 8.14. The van der Waals surface area contributed by atoms with Gasteiger partial charge in [0, 0.05) is 49.2 Å². The van der Waals surface area contributed by atoms with Crippen LogP contribution in [0.2, 0.25) is 0 Å². The van der Waals surface area contributed by atoms with Crippen molar-refractivity contribution in [1.29, 1.82) is 0 Å². The molecule has 0 fully saturated rings. The summed E-state index contributed by atoms with van der Waals surface area (Å²) in [6.07, 6.45) is 0.916. The zero-order valence-electron chi connectivity index (χ0n) is 13.6. The maximum atomic E-state index is 12.3. The van der Waals surface area contributed by atoms with Gasteiger partial charge in [-0.05, 0) is 18.2 Å². The van der Waals surface area contributed by atoms with E-state index >= 15 is 0 Å². The number of hydrogen-bond donors (Lipinski definition) is 2. The van der Waals surface area contributed by atoms with Crippen molar-refractivity contribution in [1.82, 2.24) is 15.1 Å². The van der Waals surface area contributed by atoms with E-state index in [2.05, 4.69) is 10.2 Å². The molecule has 8 heteroatoms. The molecule has 130 valence electrons. The van der Waals surface area contributed by atoms with Crippen LogP contribution in [0.4, 0.5) is 0 Å². The fourth-order valence-electron chi connectivity index (χ4n) is 3.18. The van der Waals surface area contributed by atoms with Gasteiger partial charge in [-0.2, -0.15) is 5.10 Å². The van der Waals surface area contributed by atoms with E-state index in [1.165, 1.54) is 0 Å². The standard InChI is InChI=1S/C17H18N4O4/c18-15(22)3-4-16(23)21-6-5-12-11(8-21)17(20-19-12)10-1-2-13-14(7-10)25-9-24-13/h1-2,7H,3-6,8-9H2,(H2,18,22)(H,19,20). The lowest BCUT2D eigenvalue weighted by atomic mass is 10.0. The Kier molecular flexibility index (Phi) is 3.79. The van der Waals surface area contributed by atoms with Crippen LogP contribution in [0, 0.1) is 0 Å². The van der Waals surface area contributed by atoms with Gasteiger partial charge < -0.3 is 20.1 Å². The van der Waals surface area contributed by atoms with E-state index in [0.717, 1.165) is 28.3 Å². The molecule has 0 unspecified atom stereocenters. The van der Waals surface area contributed by atoms with E-state index in [4.69, 9.17) is 15.2 Å². The first-order chi connectivity index (χ1) is 12.1. The highest BCUT2D eigenvalue weighted by molar-refractivity contribution is 5.83. The van der Waals surface area contributed by atoms with E-state index in [-0.39, 0.29) is 25.5 Å². The van der Waals surface area contributed by atoms with E-state index in [0.29, 0.717) is 25.3 Å². The predicted octanol–water partition coefficient (Wildman–Crippen LogP) is 0.956. The van der Waals surface area contributed by atoms with Crippen LogP contribution in [-0.2, 0) is 22.6 Å². The van der Waals surface area contributed by atoms with Crippen molar-refractivity contribution >= 4 is 11.8 Å². The van der Waals surface area contributed by atoms with Crippen LogP contribution >= 0.6 is 0 Å². The number of aromatic amines is 1. The number of fused-ring (bicyclic) bond motifs is 2. The van der Waals surface area contributed by atoms with Crippen LogP contribution in [-0.4, -0.2) is 40.2 Å². The molecule has 1 aromatic heterocycles. The minimum Gasteiger partial charge on any atom is -0.454 e. The zero-order chi connectivity index (χ0) is 17.4. The number of carbonyl (C=O) groups excluding carboxylic acids is 2. The maximum absolute atomic E-state index is 12.3. The van der Waals surface area contributed by atoms with Gasteiger partial charge in [-0.25, -0.2) is 0 Å². The number of nitrogens with zero attached hydrogens (tertiary/aromatic N) is 2. The number of H-pyrrole nitrogens is 1. The van der Waals surface area contributed by atoms with Gasteiger partial charge in [-0.15, -0.1) is 0 Å². The van der Waals surface area contributed by atoms with Crippen molar-refractivity contribution < 1.29 is 19.1 Å². The summed E-state index contributed by atoms with van der Waals surface area (Å²) in [5, 5.41) is 7.50. The number of rotatable bonds is 4. The van der Waals surface area contributed by atoms with Crippen LogP contribution in [0.5, 0.6) is 11.5 Å². The number of carbonyl (C=O) groups is 2. The molecule has 8 nitrogen and oxygen atoms in total. The summed E-state index contributed by atoms with van der Waals surface area (Å²) >= 11 is 0. The number of nitrogens with two attached hydrogens (primary N) is 1. The molecule has 3 N–H and O–H groups in total. The molecule has 0 aliphatic carbocycles. The van der Waals surface area contributed by atoms with Gasteiger partial charge in [0.05, 0.1) is 5.69 Å². The number of benzene rings is 1. The lowest BCUT2D eigenvalue weighted by molar-refractivity contribution is -0.133. The van der Waals surface area contributed by atoms with Crippen LogP contribution < -0.4 is 15.2 Å². The molecular weight excluding hydrogens is 324 g/mol. The van der Waals surface area contributed by atoms with E-state index in [1.54, 1.807) is 4.90 Å². The van der Waals surface area contributed by atoms with Gasteiger partial charge in [-0.3, -0.25) is 14.7 Å². The lowest BCUT2D eigenvalue weighted by Gasteiger charge is -2.27. The second kappa shape index (κ2) is 6.12. The molecule has 2 aliphatic heterocycles. The number of aromatic nitrogens is 2. The van der Waals surface area contributed by atoms with Crippen molar-refractivity contribution in [3.8, 4) is 22.8 Å². The average Bonchev–Trinajstić information content (AvgIpc) is 3.24. The Bertz CT molecular complexity index is 845. The second-order valence-electron chi connectivity index (χ2n) is 6.13. The normalized spacial score (nSPS) is 15.1. The Morgan fingerprint density at radius 3 is 2.92 bits per heavy atom. The fraction of sp³-hybridized carbons (Fsp3) is 0.353. The van der Waals surface area contributed by atoms with Gasteiger partial charge >= 0.3 is 0 Å². The van der Waals surface area contributed by atoms with Gasteiger partial charge in [0.1, 0.15) is 0 Å². The molecule has 2 amide bonds. The molecule has 4 rings (SSSR count). The molecule has 2 aliphatic rings. The highest BCUT2D eigenvalue weighted by atomic mass is 16.7. The molecule has 0 atom stereocenters. The molecule has 0 bridgehead atoms. The van der Waals surface area contributed by atoms with Crippen molar-refractivity contribution in [2.24, 2.45) is 5.73 Å². The molecule has 0 saturated heterocycles. The molecule has 1 aromatic carbocycles. The van der Waals surface area contributed by atoms with Crippen molar-refractivity contribution in [3.05, 3.63) is 29.5 Å². The smallest absolute Gasteiger partial charge is 0.231 e. The summed E-state index contributed by atoms with van der Waals surface area (Å²) in [5.41, 5.74) is 8.88. The van der Waals surface area contributed by atoms with E-state index in [9.17, 15) is 9.59 Å². The van der Waals surface area contributed by atoms with Crippen molar-refractivity contribution in [3.63, 3.8) is 0 Å². The van der Waals surface area contributed by atoms with Crippen LogP contribution in [0.1, 0.15) is 24.1 Å². The van der Waals surface area contributed by atoms with E-state index in [1.807, 2.05) is 18.2 Å². The number of nitrogens with one attached hydrogen (secondary N) is 1. The minimum absolute atomic E-state index is 0.0673. The quantitative estimate of drug-likeness (QED) is 0.860. The van der Waals surface area contributed by atoms with Crippen LogP contribution in [0.25, 0.3) is 11.3 Å². The summed E-state index contributed by atoms with van der Waals surface area (Å²) in [7, 11) is 0. The second-order valence-corrected chi connectivity index (χ2v) is 6.13. The average molecular weight is 342 g/mol. The minimum atomic E-state index is -0.463. The molecular formula is C17H18N4O4. The Hall–Kier alpha value is -3.03. The van der Waals surface area contributed by atoms with Crippen LogP contribution in [0.15, 0.2) is 18.2 Å². The Balaban J connectivity index is 1.57. The number of ether oxygens (including phenoxy) is 2. The molecule has 0 saturated carbocycles. The number of hydrogen-bond acceptors (Lipinski definition) is 5. The fourth-order valence-corrected chi connectivity index (χ4v) is 3.18. The third-order valence-electron chi connectivity index (χ3n) is 4.52. The summed E-state index contributed by atoms with van der Waals surface area (Å²) in [4.78, 5) is 24.9. The molecule has 0 radical (unpaired) electrons. The molecule has 2 aromatic rings. The zero-order valence-corrected chi connectivity index (χ0v) is 13.6. The van der Waals surface area contributed by atoms with E-state index < -0.39 is 5.91 Å². The van der Waals surface area contributed by atoms with Gasteiger partial charge in [0.2, 0.25) is 18.6 Å². The summed E-state index contributed by atoms with van der Waals surface area (Å²) in [6, 6.07) is 5.68. The van der Waals surface area contributed by atoms with Gasteiger partial charge in [-0.1, -0.05) is 0 Å². The Morgan fingerprint density at radius 2 is 2.08 bits per heavy atom. The number of amides is 2. The molecule has 0 spiro atoms. The lowest BCUT2D eigenvalue weighted by Crippen LogP contribution is -2.36. The monoisotopic (exact) mass is 342 g/mol. The maximum Gasteiger partial charge on any atom is 0.231 e. The van der Waals surface area contributed by atoms with Crippen molar-refractivity contribution in [2.75, 3.05) is 13.3 Å². The summed E-state index contributed by atoms with van der Waals surface area (Å²) in [6.45, 7) is 1.29. The largest absolute Gasteiger partial charge is 0.454 e. The first-order valence-electron chi connectivity index (χ1n) is 8.14. The first kappa shape index (κ1) is 15.5. The number of primary amides is 1.